The molecule has 0 aliphatic carbocycles. The molecule has 5 aliphatic heterocycles. The van der Waals surface area contributed by atoms with Crippen LogP contribution in [-0.4, -0.2) is 129 Å². The van der Waals surface area contributed by atoms with E-state index in [-0.39, 0.29) is 50.5 Å². The number of rotatable bonds is 5. The number of hydrogen-bond acceptors (Lipinski definition) is 15. The van der Waals surface area contributed by atoms with E-state index in [2.05, 4.69) is 17.1 Å². The van der Waals surface area contributed by atoms with Gasteiger partial charge >= 0.3 is 11.8 Å². The largest absolute Gasteiger partial charge is 0.507 e. The number of esters is 1. The number of piperazine rings is 1. The lowest BCUT2D eigenvalue weighted by atomic mass is 9.78. The number of ketones is 1. The molecule has 16 heteroatoms. The van der Waals surface area contributed by atoms with E-state index in [1.54, 1.807) is 46.8 Å². The topological polar surface area (TPSA) is 220 Å². The van der Waals surface area contributed by atoms with E-state index in [4.69, 9.17) is 24.0 Å². The summed E-state index contributed by atoms with van der Waals surface area (Å²) in [7, 11) is 1.44. The highest BCUT2D eigenvalue weighted by atomic mass is 16.7. The molecule has 11 atom stereocenters. The molecule has 0 radical (unpaired) electrons. The van der Waals surface area contributed by atoms with Gasteiger partial charge in [-0.05, 0) is 38.7 Å². The third kappa shape index (κ3) is 9.33. The van der Waals surface area contributed by atoms with Gasteiger partial charge < -0.3 is 49.8 Å². The highest BCUT2D eigenvalue weighted by molar-refractivity contribution is 6.23. The number of phenols is 3. The summed E-state index contributed by atoms with van der Waals surface area (Å²) in [5, 5.41) is 67.8. The number of aliphatic hydroxyl groups is 2. The molecule has 5 aliphatic rings. The number of methoxy groups -OCH3 is 1. The summed E-state index contributed by atoms with van der Waals surface area (Å²) in [5.41, 5.74) is -0.284. The number of carbonyl (C=O) groups excluding carboxylic acids is 3. The van der Waals surface area contributed by atoms with E-state index in [1.807, 2.05) is 5.01 Å². The summed E-state index contributed by atoms with van der Waals surface area (Å²) in [6, 6.07) is 0.290. The van der Waals surface area contributed by atoms with Crippen LogP contribution in [0.5, 0.6) is 23.0 Å². The van der Waals surface area contributed by atoms with Crippen molar-refractivity contribution in [3.8, 4) is 23.0 Å². The van der Waals surface area contributed by atoms with Gasteiger partial charge in [-0.3, -0.25) is 24.3 Å². The zero-order chi connectivity index (χ0) is 46.9. The number of ether oxygens (including phenoxy) is 4. The molecule has 1 amide bonds. The molecule has 0 aromatic heterocycles. The predicted molar refractivity (Wildman–Crippen MR) is 241 cm³/mol. The standard InChI is InChI=1S/C48H66N4O12/c1-11-31-15-16-32-23-52(19-18-51(32)22-31)49-21-33-38-43(58)36-35(42(33)57)37-45(29(7)41(36)56)64-48(9,46(37)59)62-20-17-34(61-10)26(4)44(63-30(8)53)28(6)40(55)27(5)39(54)24(2)13-12-14-25(3)47(60)50-38/h12-14,17,20-21,24,26-28,31-32,34,39-40,44,54-58H,11,15-16,18-19,22-23H2,1-10H3,(H,50,60)/b13-12+,20-17+,25-14-,49-21+/t24-,26+,27+,28+,31?,32?,34-,39-,40+,44+,48-/m0/s1. The van der Waals surface area contributed by atoms with Gasteiger partial charge in [-0.15, -0.1) is 0 Å². The number of nitrogens with zero attached hydrogens (tertiary/aromatic N) is 3. The van der Waals surface area contributed by atoms with Crippen LogP contribution in [-0.2, 0) is 23.8 Å². The minimum absolute atomic E-state index is 0.0636. The smallest absolute Gasteiger partial charge is 0.312 e. The number of Topliss-reactive ketones (excluding diaryl/α,β-unsaturated/α-hetero) is 1. The minimum atomic E-state index is -2.05. The highest BCUT2D eigenvalue weighted by Gasteiger charge is 2.50. The molecule has 16 nitrogen and oxygen atoms in total. The van der Waals surface area contributed by atoms with E-state index in [0.29, 0.717) is 19.0 Å². The molecule has 5 bridgehead atoms. The minimum Gasteiger partial charge on any atom is -0.507 e. The first-order valence-corrected chi connectivity index (χ1v) is 22.3. The van der Waals surface area contributed by atoms with Crippen molar-refractivity contribution >= 4 is 40.3 Å². The maximum absolute atomic E-state index is 14.6. The summed E-state index contributed by atoms with van der Waals surface area (Å²) in [6.45, 7) is 17.9. The maximum atomic E-state index is 14.6. The fourth-order valence-electron chi connectivity index (χ4n) is 9.69. The Kier molecular flexibility index (Phi) is 14.7. The monoisotopic (exact) mass is 890 g/mol. The summed E-state index contributed by atoms with van der Waals surface area (Å²) in [5.74, 6) is -7.62. The van der Waals surface area contributed by atoms with Crippen molar-refractivity contribution in [3.63, 3.8) is 0 Å². The lowest BCUT2D eigenvalue weighted by Crippen LogP contribution is -2.55. The average Bonchev–Trinajstić information content (AvgIpc) is 3.54. The van der Waals surface area contributed by atoms with Crippen LogP contribution in [0.2, 0.25) is 0 Å². The molecule has 2 fully saturated rings. The third-order valence-corrected chi connectivity index (χ3v) is 13.9. The fraction of sp³-hybridized carbons (Fsp3) is 0.583. The van der Waals surface area contributed by atoms with Crippen molar-refractivity contribution in [1.29, 1.82) is 0 Å². The molecule has 6 N–H and O–H groups in total. The van der Waals surface area contributed by atoms with Crippen LogP contribution in [0.25, 0.3) is 10.8 Å². The van der Waals surface area contributed by atoms with Crippen LogP contribution in [0.1, 0.15) is 96.1 Å². The molecule has 350 valence electrons. The zero-order valence-corrected chi connectivity index (χ0v) is 38.6. The zero-order valence-electron chi connectivity index (χ0n) is 38.6. The van der Waals surface area contributed by atoms with E-state index >= 15 is 0 Å². The van der Waals surface area contributed by atoms with Crippen molar-refractivity contribution in [3.05, 3.63) is 52.8 Å². The molecule has 5 heterocycles. The third-order valence-electron chi connectivity index (χ3n) is 13.9. The maximum Gasteiger partial charge on any atom is 0.312 e. The molecule has 0 spiro atoms. The molecule has 64 heavy (non-hydrogen) atoms. The van der Waals surface area contributed by atoms with Gasteiger partial charge in [0.1, 0.15) is 23.4 Å². The van der Waals surface area contributed by atoms with Gasteiger partial charge in [0.05, 0.1) is 59.5 Å². The Balaban J connectivity index is 1.48. The average molecular weight is 891 g/mol. The fourth-order valence-corrected chi connectivity index (χ4v) is 9.69. The van der Waals surface area contributed by atoms with Gasteiger partial charge in [0, 0.05) is 86.8 Å². The normalized spacial score (nSPS) is 33.9. The van der Waals surface area contributed by atoms with Crippen molar-refractivity contribution in [2.24, 2.45) is 34.7 Å². The number of aliphatic hydroxyl groups excluding tert-OH is 2. The number of benzene rings is 2. The Labute approximate surface area is 375 Å². The molecule has 2 unspecified atom stereocenters. The number of amides is 1. The number of carbonyl (C=O) groups is 3. The number of allylic oxidation sites excluding steroid dienone is 2. The summed E-state index contributed by atoms with van der Waals surface area (Å²) in [6.07, 6.45) is 8.25. The second-order valence-electron chi connectivity index (χ2n) is 18.3. The molecular formula is C48H66N4O12. The number of anilines is 1. The highest BCUT2D eigenvalue weighted by Crippen LogP contribution is 2.55. The van der Waals surface area contributed by atoms with Crippen LogP contribution in [0.3, 0.4) is 0 Å². The first-order chi connectivity index (χ1) is 30.2. The molecule has 0 saturated carbocycles. The quantitative estimate of drug-likeness (QED) is 0.0893. The van der Waals surface area contributed by atoms with E-state index < -0.39 is 88.8 Å². The van der Waals surface area contributed by atoms with Crippen molar-refractivity contribution < 1.29 is 58.9 Å². The van der Waals surface area contributed by atoms with Crippen molar-refractivity contribution in [1.82, 2.24) is 9.91 Å². The number of phenolic OH excluding ortho intramolecular Hbond substituents is 3. The predicted octanol–water partition coefficient (Wildman–Crippen LogP) is 5.89. The second-order valence-corrected chi connectivity index (χ2v) is 18.3. The Morgan fingerprint density at radius 2 is 1.69 bits per heavy atom. The summed E-state index contributed by atoms with van der Waals surface area (Å²) in [4.78, 5) is 43.4. The Morgan fingerprint density at radius 3 is 2.36 bits per heavy atom. The second kappa shape index (κ2) is 19.5. The molecule has 7 rings (SSSR count). The Morgan fingerprint density at radius 1 is 0.969 bits per heavy atom. The van der Waals surface area contributed by atoms with Crippen LogP contribution in [0, 0.1) is 36.5 Å². The van der Waals surface area contributed by atoms with Crippen molar-refractivity contribution in [2.75, 3.05) is 38.6 Å². The number of piperidine rings is 1. The van der Waals surface area contributed by atoms with Gasteiger partial charge in [0.25, 0.3) is 11.7 Å². The Bertz CT molecular complexity index is 2240. The van der Waals surface area contributed by atoms with E-state index in [9.17, 15) is 39.9 Å². The van der Waals surface area contributed by atoms with E-state index in [1.165, 1.54) is 52.5 Å². The number of nitrogens with one attached hydrogen (secondary N) is 1. The molecule has 2 aromatic rings. The summed E-state index contributed by atoms with van der Waals surface area (Å²) >= 11 is 0. The van der Waals surface area contributed by atoms with Gasteiger partial charge in [-0.2, -0.15) is 5.10 Å². The Hall–Kier alpha value is -5.16. The number of aromatic hydroxyl groups is 3. The van der Waals surface area contributed by atoms with Gasteiger partial charge in [0.2, 0.25) is 0 Å². The lowest BCUT2D eigenvalue weighted by molar-refractivity contribution is -0.160. The summed E-state index contributed by atoms with van der Waals surface area (Å²) < 4.78 is 23.8. The van der Waals surface area contributed by atoms with Gasteiger partial charge in [0.15, 0.2) is 5.75 Å². The molecular weight excluding hydrogens is 825 g/mol. The number of hydrazone groups is 1. The molecule has 2 aromatic carbocycles. The van der Waals surface area contributed by atoms with E-state index in [0.717, 1.165) is 32.4 Å². The molecule has 2 saturated heterocycles. The van der Waals surface area contributed by atoms with Crippen LogP contribution in [0.15, 0.2) is 41.2 Å². The van der Waals surface area contributed by atoms with Crippen LogP contribution >= 0.6 is 0 Å². The van der Waals surface area contributed by atoms with Crippen LogP contribution in [0.4, 0.5) is 5.69 Å². The lowest BCUT2D eigenvalue weighted by Gasteiger charge is -2.45. The van der Waals surface area contributed by atoms with Gasteiger partial charge in [-0.1, -0.05) is 59.3 Å². The first-order valence-electron chi connectivity index (χ1n) is 22.3. The van der Waals surface area contributed by atoms with Crippen molar-refractivity contribution in [2.45, 2.75) is 118 Å². The number of fused-ring (bicyclic) bond motifs is 15. The number of hydrogen-bond donors (Lipinski definition) is 6. The van der Waals surface area contributed by atoms with Gasteiger partial charge in [-0.25, -0.2) is 0 Å². The van der Waals surface area contributed by atoms with Crippen LogP contribution < -0.4 is 10.1 Å². The SMILES string of the molecule is CCC1CCC2CN(/N=C/c3c4c(O)c5c(O)c(C)c6c(c5c3O)C(=O)[C@@](C)(O/C=C/[C@H](OC)[C@@H](C)[C@@H](OC(C)=O)[C@H](C)[C@H](O)[C@H](C)[C@@H](O)[C@@H](C)/C=C/C=C(/C)C(=O)N4)O6)CCN2C1. The first kappa shape index (κ1) is 48.3.